The minimum absolute atomic E-state index is 0.114. The molecule has 0 bridgehead atoms. The van der Waals surface area contributed by atoms with E-state index in [0.717, 1.165) is 27.7 Å². The monoisotopic (exact) mass is 652 g/mol. The molecule has 8 aromatic carbocycles. The fourth-order valence-corrected chi connectivity index (χ4v) is 9.01. The van der Waals surface area contributed by atoms with E-state index in [1.807, 2.05) is 12.1 Å². The molecule has 2 nitrogen and oxygen atoms in total. The number of furan rings is 2. The highest BCUT2D eigenvalue weighted by Gasteiger charge is 2.37. The maximum Gasteiger partial charge on any atom is 0.141 e. The van der Waals surface area contributed by atoms with Gasteiger partial charge in [0.25, 0.3) is 0 Å². The van der Waals surface area contributed by atoms with E-state index in [1.54, 1.807) is 6.26 Å². The van der Waals surface area contributed by atoms with Gasteiger partial charge in [-0.05, 0) is 96.4 Å². The third-order valence-electron chi connectivity index (χ3n) is 11.3. The summed E-state index contributed by atoms with van der Waals surface area (Å²) in [4.78, 5) is 0. The zero-order chi connectivity index (χ0) is 33.8. The number of benzene rings is 8. The fourth-order valence-electron chi connectivity index (χ4n) is 9.01. The number of para-hydroxylation sites is 2. The molecule has 11 rings (SSSR count). The molecule has 51 heavy (non-hydrogen) atoms. The van der Waals surface area contributed by atoms with Crippen LogP contribution in [-0.4, -0.2) is 0 Å². The average molecular weight is 653 g/mol. The Morgan fingerprint density at radius 3 is 1.86 bits per heavy atom. The Morgan fingerprint density at radius 1 is 0.431 bits per heavy atom. The Hall–Kier alpha value is -6.38. The summed E-state index contributed by atoms with van der Waals surface area (Å²) in [6.07, 6.45) is 1.79. The van der Waals surface area contributed by atoms with Crippen LogP contribution in [0.2, 0.25) is 0 Å². The SMILES string of the molecule is CC1(C)c2ccc(-c3cccc(-c4c5ccccc5c(-c5cccc6ccoc56)c5ccccc45)c3)cc2-c2c1ccc1oc3ccccc3c21. The van der Waals surface area contributed by atoms with E-state index in [2.05, 4.69) is 153 Å². The van der Waals surface area contributed by atoms with Crippen molar-refractivity contribution in [2.24, 2.45) is 0 Å². The first-order valence-corrected chi connectivity index (χ1v) is 17.7. The molecule has 1 aliphatic carbocycles. The zero-order valence-electron chi connectivity index (χ0n) is 28.3. The van der Waals surface area contributed by atoms with Gasteiger partial charge in [0.1, 0.15) is 16.7 Å². The van der Waals surface area contributed by atoms with E-state index in [9.17, 15) is 0 Å². The highest BCUT2D eigenvalue weighted by molar-refractivity contribution is 6.23. The summed E-state index contributed by atoms with van der Waals surface area (Å²) in [7, 11) is 0. The van der Waals surface area contributed by atoms with Crippen LogP contribution in [0.25, 0.3) is 99.0 Å². The Balaban J connectivity index is 1.13. The molecule has 0 unspecified atom stereocenters. The van der Waals surface area contributed by atoms with Crippen LogP contribution in [0.5, 0.6) is 0 Å². The predicted octanol–water partition coefficient (Wildman–Crippen LogP) is 13.9. The molecule has 240 valence electrons. The molecule has 2 heterocycles. The van der Waals surface area contributed by atoms with E-state index in [4.69, 9.17) is 8.83 Å². The second kappa shape index (κ2) is 10.3. The summed E-state index contributed by atoms with van der Waals surface area (Å²) >= 11 is 0. The van der Waals surface area contributed by atoms with Crippen molar-refractivity contribution >= 4 is 54.5 Å². The maximum absolute atomic E-state index is 6.36. The average Bonchev–Trinajstić information content (AvgIpc) is 3.87. The molecular weight excluding hydrogens is 621 g/mol. The topological polar surface area (TPSA) is 26.3 Å². The largest absolute Gasteiger partial charge is 0.464 e. The number of hydrogen-bond acceptors (Lipinski definition) is 2. The van der Waals surface area contributed by atoms with Gasteiger partial charge in [-0.15, -0.1) is 0 Å². The third-order valence-corrected chi connectivity index (χ3v) is 11.3. The Morgan fingerprint density at radius 2 is 1.08 bits per heavy atom. The van der Waals surface area contributed by atoms with Crippen molar-refractivity contribution in [1.82, 2.24) is 0 Å². The van der Waals surface area contributed by atoms with Crippen LogP contribution in [0.15, 0.2) is 167 Å². The first-order chi connectivity index (χ1) is 25.1. The molecule has 0 saturated heterocycles. The Bertz CT molecular complexity index is 3000. The summed E-state index contributed by atoms with van der Waals surface area (Å²) < 4.78 is 12.4. The summed E-state index contributed by atoms with van der Waals surface area (Å²) in [5.74, 6) is 0. The van der Waals surface area contributed by atoms with E-state index >= 15 is 0 Å². The second-order valence-electron chi connectivity index (χ2n) is 14.4. The lowest BCUT2D eigenvalue weighted by Crippen LogP contribution is -2.14. The molecule has 0 radical (unpaired) electrons. The molecule has 10 aromatic rings. The van der Waals surface area contributed by atoms with E-state index in [0.29, 0.717) is 0 Å². The van der Waals surface area contributed by atoms with Crippen LogP contribution >= 0.6 is 0 Å². The molecule has 0 aliphatic heterocycles. The van der Waals surface area contributed by atoms with Gasteiger partial charge < -0.3 is 8.83 Å². The molecular formula is C49H32O2. The Kier molecular flexibility index (Phi) is 5.76. The lowest BCUT2D eigenvalue weighted by Gasteiger charge is -2.21. The van der Waals surface area contributed by atoms with E-state index < -0.39 is 0 Å². The smallest absolute Gasteiger partial charge is 0.141 e. The van der Waals surface area contributed by atoms with Gasteiger partial charge in [-0.1, -0.05) is 135 Å². The fraction of sp³-hybridized carbons (Fsp3) is 0.0612. The van der Waals surface area contributed by atoms with Crippen molar-refractivity contribution in [3.8, 4) is 44.5 Å². The third kappa shape index (κ3) is 3.93. The van der Waals surface area contributed by atoms with E-state index in [-0.39, 0.29) is 5.41 Å². The second-order valence-corrected chi connectivity index (χ2v) is 14.4. The molecule has 1 aliphatic rings. The minimum Gasteiger partial charge on any atom is -0.464 e. The van der Waals surface area contributed by atoms with Gasteiger partial charge in [-0.2, -0.15) is 0 Å². The van der Waals surface area contributed by atoms with Gasteiger partial charge in [-0.3, -0.25) is 0 Å². The lowest BCUT2D eigenvalue weighted by molar-refractivity contribution is 0.617. The summed E-state index contributed by atoms with van der Waals surface area (Å²) in [5, 5.41) is 8.38. The van der Waals surface area contributed by atoms with Gasteiger partial charge in [0, 0.05) is 32.7 Å². The highest BCUT2D eigenvalue weighted by atomic mass is 16.3. The first-order valence-electron chi connectivity index (χ1n) is 17.7. The first kappa shape index (κ1) is 28.5. The van der Waals surface area contributed by atoms with Crippen LogP contribution in [0, 0.1) is 0 Å². The maximum atomic E-state index is 6.36. The lowest BCUT2D eigenvalue weighted by atomic mass is 9.82. The van der Waals surface area contributed by atoms with Crippen molar-refractivity contribution in [3.63, 3.8) is 0 Å². The number of fused-ring (bicyclic) bond motifs is 10. The van der Waals surface area contributed by atoms with Crippen LogP contribution in [0.4, 0.5) is 0 Å². The standard InChI is InChI=1S/C49H32O2/c1-49(2)40-22-21-31(28-39(40)46-41(49)23-24-43-47(46)37-18-7-8-20-42(37)51-43)30-12-9-13-32(27-30)44-33-14-3-5-16-35(33)45(36-17-6-4-15-34(36)44)38-19-10-11-29-25-26-50-48(29)38/h3-28H,1-2H3. The van der Waals surface area contributed by atoms with E-state index in [1.165, 1.54) is 82.4 Å². The molecule has 2 heteroatoms. The van der Waals surface area contributed by atoms with Crippen LogP contribution < -0.4 is 0 Å². The van der Waals surface area contributed by atoms with Gasteiger partial charge in [0.15, 0.2) is 0 Å². The van der Waals surface area contributed by atoms with Crippen LogP contribution in [0.1, 0.15) is 25.0 Å². The van der Waals surface area contributed by atoms with Crippen molar-refractivity contribution in [2.75, 3.05) is 0 Å². The molecule has 0 atom stereocenters. The van der Waals surface area contributed by atoms with Crippen LogP contribution in [-0.2, 0) is 5.41 Å². The number of rotatable bonds is 3. The van der Waals surface area contributed by atoms with Gasteiger partial charge >= 0.3 is 0 Å². The van der Waals surface area contributed by atoms with Crippen molar-refractivity contribution < 1.29 is 8.83 Å². The van der Waals surface area contributed by atoms with Gasteiger partial charge in [0.05, 0.1) is 6.26 Å². The summed E-state index contributed by atoms with van der Waals surface area (Å²) in [6.45, 7) is 4.69. The number of hydrogen-bond donors (Lipinski definition) is 0. The van der Waals surface area contributed by atoms with Crippen molar-refractivity contribution in [2.45, 2.75) is 19.3 Å². The molecule has 0 fully saturated rings. The van der Waals surface area contributed by atoms with Gasteiger partial charge in [0.2, 0.25) is 0 Å². The van der Waals surface area contributed by atoms with Crippen LogP contribution in [0.3, 0.4) is 0 Å². The molecule has 0 spiro atoms. The van der Waals surface area contributed by atoms with Crippen molar-refractivity contribution in [1.29, 1.82) is 0 Å². The predicted molar refractivity (Wildman–Crippen MR) is 212 cm³/mol. The molecule has 0 amide bonds. The molecule has 0 saturated carbocycles. The summed E-state index contributed by atoms with van der Waals surface area (Å²) in [5.41, 5.74) is 15.2. The normalized spacial score (nSPS) is 13.5. The Labute approximate surface area is 295 Å². The highest BCUT2D eigenvalue weighted by Crippen LogP contribution is 2.54. The quantitative estimate of drug-likeness (QED) is 0.178. The van der Waals surface area contributed by atoms with Gasteiger partial charge in [-0.25, -0.2) is 0 Å². The summed E-state index contributed by atoms with van der Waals surface area (Å²) in [6, 6.07) is 55.1. The van der Waals surface area contributed by atoms with Crippen molar-refractivity contribution in [3.05, 3.63) is 169 Å². The zero-order valence-corrected chi connectivity index (χ0v) is 28.3. The molecule has 0 N–H and O–H groups in total. The molecule has 2 aromatic heterocycles. The minimum atomic E-state index is -0.114.